The van der Waals surface area contributed by atoms with Crippen LogP contribution in [0.15, 0.2) is 48.5 Å². The summed E-state index contributed by atoms with van der Waals surface area (Å²) in [5, 5.41) is 10.1. The van der Waals surface area contributed by atoms with Gasteiger partial charge in [0.05, 0.1) is 16.6 Å². The predicted octanol–water partition coefficient (Wildman–Crippen LogP) is 4.46. The van der Waals surface area contributed by atoms with Crippen molar-refractivity contribution in [1.29, 1.82) is 0 Å². The average Bonchev–Trinajstić information content (AvgIpc) is 2.84. The van der Waals surface area contributed by atoms with Crippen molar-refractivity contribution in [3.63, 3.8) is 0 Å². The fourth-order valence-electron chi connectivity index (χ4n) is 2.56. The molecule has 3 aromatic rings. The number of aryl methyl sites for hydroxylation is 1. The Morgan fingerprint density at radius 2 is 1.76 bits per heavy atom. The van der Waals surface area contributed by atoms with Crippen molar-refractivity contribution >= 4 is 11.0 Å². The maximum Gasteiger partial charge on any atom is 0.144 e. The molecule has 0 fully saturated rings. The molecule has 3 rings (SSSR count). The molecule has 0 saturated carbocycles. The Morgan fingerprint density at radius 1 is 1.05 bits per heavy atom. The van der Waals surface area contributed by atoms with E-state index in [-0.39, 0.29) is 5.75 Å². The number of hydrogen-bond donors (Lipinski definition) is 1. The zero-order valence-electron chi connectivity index (χ0n) is 12.5. The van der Waals surface area contributed by atoms with Gasteiger partial charge in [0, 0.05) is 6.54 Å². The average molecular weight is 280 g/mol. The number of phenols is 1. The van der Waals surface area contributed by atoms with Gasteiger partial charge in [0.25, 0.3) is 0 Å². The van der Waals surface area contributed by atoms with Crippen LogP contribution in [0.4, 0.5) is 0 Å². The lowest BCUT2D eigenvalue weighted by Gasteiger charge is -2.11. The number of benzene rings is 2. The molecule has 0 amide bonds. The molecule has 0 bridgehead atoms. The minimum Gasteiger partial charge on any atom is -0.507 e. The first-order valence-electron chi connectivity index (χ1n) is 7.40. The topological polar surface area (TPSA) is 38.0 Å². The summed E-state index contributed by atoms with van der Waals surface area (Å²) < 4.78 is 2.21. The highest BCUT2D eigenvalue weighted by Gasteiger charge is 2.15. The molecule has 0 aliphatic heterocycles. The number of phenolic OH excluding ortho intramolecular Hbond substituents is 1. The van der Waals surface area contributed by atoms with E-state index in [2.05, 4.69) is 24.5 Å². The van der Waals surface area contributed by atoms with E-state index in [4.69, 9.17) is 4.98 Å². The van der Waals surface area contributed by atoms with Crippen molar-refractivity contribution in [3.8, 4) is 17.1 Å². The normalized spacial score (nSPS) is 11.4. The van der Waals surface area contributed by atoms with E-state index < -0.39 is 0 Å². The quantitative estimate of drug-likeness (QED) is 0.766. The third-order valence-electron chi connectivity index (χ3n) is 3.73. The van der Waals surface area contributed by atoms with Crippen LogP contribution in [0.3, 0.4) is 0 Å². The van der Waals surface area contributed by atoms with Crippen LogP contribution in [-0.2, 0) is 6.54 Å². The van der Waals surface area contributed by atoms with Crippen molar-refractivity contribution < 1.29 is 5.11 Å². The molecule has 0 radical (unpaired) electrons. The second-order valence-electron chi connectivity index (χ2n) is 5.78. The Hall–Kier alpha value is -2.29. The zero-order valence-corrected chi connectivity index (χ0v) is 12.5. The van der Waals surface area contributed by atoms with Gasteiger partial charge in [0.1, 0.15) is 11.6 Å². The minimum absolute atomic E-state index is 0.276. The molecular weight excluding hydrogens is 260 g/mol. The van der Waals surface area contributed by atoms with E-state index >= 15 is 0 Å². The molecule has 0 atom stereocenters. The van der Waals surface area contributed by atoms with Gasteiger partial charge in [0.2, 0.25) is 0 Å². The summed E-state index contributed by atoms with van der Waals surface area (Å²) >= 11 is 0. The van der Waals surface area contributed by atoms with E-state index in [1.807, 2.05) is 36.4 Å². The molecule has 1 heterocycles. The number of nitrogens with zero attached hydrogens (tertiary/aromatic N) is 2. The second-order valence-corrected chi connectivity index (χ2v) is 5.78. The maximum absolute atomic E-state index is 10.1. The number of hydrogen-bond acceptors (Lipinski definition) is 2. The van der Waals surface area contributed by atoms with Crippen LogP contribution < -0.4 is 0 Å². The summed E-state index contributed by atoms with van der Waals surface area (Å²) in [5.41, 5.74) is 2.88. The summed E-state index contributed by atoms with van der Waals surface area (Å²) in [5.74, 6) is 1.75. The Balaban J connectivity index is 2.17. The Bertz CT molecular complexity index is 759. The van der Waals surface area contributed by atoms with Gasteiger partial charge in [0.15, 0.2) is 0 Å². The SMILES string of the molecule is CC(C)CCn1c(-c2ccccc2O)nc2ccccc21. The molecule has 0 spiro atoms. The summed E-state index contributed by atoms with van der Waals surface area (Å²) in [4.78, 5) is 4.72. The second kappa shape index (κ2) is 5.60. The van der Waals surface area contributed by atoms with Crippen LogP contribution in [0.2, 0.25) is 0 Å². The van der Waals surface area contributed by atoms with Gasteiger partial charge < -0.3 is 9.67 Å². The molecule has 3 nitrogen and oxygen atoms in total. The summed E-state index contributed by atoms with van der Waals surface area (Å²) in [6.45, 7) is 5.35. The molecule has 108 valence electrons. The molecule has 1 aromatic heterocycles. The van der Waals surface area contributed by atoms with Gasteiger partial charge in [-0.05, 0) is 36.6 Å². The molecule has 0 unspecified atom stereocenters. The standard InChI is InChI=1S/C18H20N2O/c1-13(2)11-12-20-16-9-5-4-8-15(16)19-18(20)14-7-3-6-10-17(14)21/h3-10,13,21H,11-12H2,1-2H3. The van der Waals surface area contributed by atoms with E-state index in [0.29, 0.717) is 5.92 Å². The third kappa shape index (κ3) is 2.64. The molecule has 1 N–H and O–H groups in total. The van der Waals surface area contributed by atoms with Crippen molar-refractivity contribution in [2.75, 3.05) is 0 Å². The molecule has 3 heteroatoms. The smallest absolute Gasteiger partial charge is 0.144 e. The molecule has 2 aromatic carbocycles. The number of aromatic hydroxyl groups is 1. The van der Waals surface area contributed by atoms with E-state index in [0.717, 1.165) is 35.4 Å². The summed E-state index contributed by atoms with van der Waals surface area (Å²) in [6, 6.07) is 15.5. The maximum atomic E-state index is 10.1. The monoisotopic (exact) mass is 280 g/mol. The van der Waals surface area contributed by atoms with Gasteiger partial charge >= 0.3 is 0 Å². The van der Waals surface area contributed by atoms with Crippen LogP contribution in [0.25, 0.3) is 22.4 Å². The predicted molar refractivity (Wildman–Crippen MR) is 86.3 cm³/mol. The van der Waals surface area contributed by atoms with Gasteiger partial charge in [-0.25, -0.2) is 4.98 Å². The van der Waals surface area contributed by atoms with Gasteiger partial charge in [-0.1, -0.05) is 38.1 Å². The van der Waals surface area contributed by atoms with Gasteiger partial charge in [-0.3, -0.25) is 0 Å². The molecule has 0 saturated heterocycles. The highest BCUT2D eigenvalue weighted by molar-refractivity contribution is 5.81. The lowest BCUT2D eigenvalue weighted by Crippen LogP contribution is -2.03. The lowest BCUT2D eigenvalue weighted by molar-refractivity contribution is 0.475. The number of fused-ring (bicyclic) bond motifs is 1. The van der Waals surface area contributed by atoms with Crippen molar-refractivity contribution in [3.05, 3.63) is 48.5 Å². The van der Waals surface area contributed by atoms with Crippen molar-refractivity contribution in [2.45, 2.75) is 26.8 Å². The molecule has 21 heavy (non-hydrogen) atoms. The highest BCUT2D eigenvalue weighted by atomic mass is 16.3. The summed E-state index contributed by atoms with van der Waals surface area (Å²) in [7, 11) is 0. The number of imidazole rings is 1. The third-order valence-corrected chi connectivity index (χ3v) is 3.73. The Kier molecular flexibility index (Phi) is 3.65. The Labute approximate surface area is 124 Å². The first-order chi connectivity index (χ1) is 10.2. The first-order valence-corrected chi connectivity index (χ1v) is 7.40. The Morgan fingerprint density at radius 3 is 2.52 bits per heavy atom. The highest BCUT2D eigenvalue weighted by Crippen LogP contribution is 2.31. The lowest BCUT2D eigenvalue weighted by atomic mass is 10.1. The number of para-hydroxylation sites is 3. The van der Waals surface area contributed by atoms with Crippen LogP contribution >= 0.6 is 0 Å². The van der Waals surface area contributed by atoms with Crippen LogP contribution in [0.1, 0.15) is 20.3 Å². The van der Waals surface area contributed by atoms with Crippen molar-refractivity contribution in [2.24, 2.45) is 5.92 Å². The van der Waals surface area contributed by atoms with E-state index in [9.17, 15) is 5.11 Å². The van der Waals surface area contributed by atoms with Crippen molar-refractivity contribution in [1.82, 2.24) is 9.55 Å². The molecule has 0 aliphatic rings. The zero-order chi connectivity index (χ0) is 14.8. The number of rotatable bonds is 4. The van der Waals surface area contributed by atoms with Crippen LogP contribution in [-0.4, -0.2) is 14.7 Å². The van der Waals surface area contributed by atoms with Gasteiger partial charge in [-0.2, -0.15) is 0 Å². The first kappa shape index (κ1) is 13.7. The van der Waals surface area contributed by atoms with Crippen LogP contribution in [0.5, 0.6) is 5.75 Å². The van der Waals surface area contributed by atoms with Crippen LogP contribution in [0, 0.1) is 5.92 Å². The van der Waals surface area contributed by atoms with E-state index in [1.165, 1.54) is 0 Å². The molecule has 0 aliphatic carbocycles. The largest absolute Gasteiger partial charge is 0.507 e. The fourth-order valence-corrected chi connectivity index (χ4v) is 2.56. The summed E-state index contributed by atoms with van der Waals surface area (Å²) in [6.07, 6.45) is 1.08. The molecular formula is C18H20N2O. The number of aromatic nitrogens is 2. The fraction of sp³-hybridized carbons (Fsp3) is 0.278. The van der Waals surface area contributed by atoms with Gasteiger partial charge in [-0.15, -0.1) is 0 Å². The minimum atomic E-state index is 0.276. The van der Waals surface area contributed by atoms with E-state index in [1.54, 1.807) is 6.07 Å².